The number of carbonyl (C=O) groups excluding carboxylic acids is 1. The molecule has 24 heavy (non-hydrogen) atoms. The Kier molecular flexibility index (Phi) is 6.00. The molecule has 1 aromatic rings. The first-order chi connectivity index (χ1) is 11.4. The van der Waals surface area contributed by atoms with Crippen molar-refractivity contribution in [2.75, 3.05) is 46.2 Å². The van der Waals surface area contributed by atoms with E-state index in [1.807, 2.05) is 50.1 Å². The first-order valence-electron chi connectivity index (χ1n) is 8.27. The molecule has 0 aromatic carbocycles. The van der Waals surface area contributed by atoms with Gasteiger partial charge in [-0.2, -0.15) is 0 Å². The number of carbonyl (C=O) groups is 1. The van der Waals surface area contributed by atoms with E-state index in [1.165, 1.54) is 0 Å². The highest BCUT2D eigenvalue weighted by Gasteiger charge is 2.25. The molecule has 0 spiro atoms. The van der Waals surface area contributed by atoms with E-state index in [0.29, 0.717) is 13.1 Å². The number of aliphatic imine (C=N–C) groups is 1. The van der Waals surface area contributed by atoms with Crippen LogP contribution >= 0.6 is 0 Å². The third kappa shape index (κ3) is 4.37. The van der Waals surface area contributed by atoms with E-state index in [9.17, 15) is 4.79 Å². The summed E-state index contributed by atoms with van der Waals surface area (Å²) in [5.74, 6) is 1.48. The number of hydrogen-bond donors (Lipinski definition) is 1. The molecule has 1 aromatic heterocycles. The maximum absolute atomic E-state index is 11.5. The molecule has 1 saturated heterocycles. The maximum atomic E-state index is 11.5. The van der Waals surface area contributed by atoms with Crippen molar-refractivity contribution in [3.05, 3.63) is 23.9 Å². The van der Waals surface area contributed by atoms with Gasteiger partial charge in [0.15, 0.2) is 5.96 Å². The number of aromatic nitrogens is 1. The summed E-state index contributed by atoms with van der Waals surface area (Å²) in [5.41, 5.74) is 6.55. The molecule has 1 amide bonds. The molecule has 0 aliphatic carbocycles. The van der Waals surface area contributed by atoms with Crippen LogP contribution in [0.5, 0.6) is 0 Å². The van der Waals surface area contributed by atoms with Crippen molar-refractivity contribution >= 4 is 17.7 Å². The van der Waals surface area contributed by atoms with Gasteiger partial charge in [0.1, 0.15) is 5.82 Å². The lowest BCUT2D eigenvalue weighted by atomic mass is 9.97. The normalized spacial score (nSPS) is 17.3. The number of amides is 1. The number of hydrogen-bond acceptors (Lipinski definition) is 4. The fourth-order valence-corrected chi connectivity index (χ4v) is 3.08. The molecule has 0 radical (unpaired) electrons. The second kappa shape index (κ2) is 7.99. The molecule has 0 unspecified atom stereocenters. The molecule has 1 atom stereocenters. The number of nitrogens with zero attached hydrogens (tertiary/aromatic N) is 5. The lowest BCUT2D eigenvalue weighted by Crippen LogP contribution is -2.42. The molecule has 2 rings (SSSR count). The zero-order valence-corrected chi connectivity index (χ0v) is 15.1. The largest absolute Gasteiger partial charge is 0.369 e. The molecule has 1 aliphatic heterocycles. The molecule has 7 nitrogen and oxygen atoms in total. The predicted molar refractivity (Wildman–Crippen MR) is 96.9 cm³/mol. The molecule has 1 aliphatic rings. The lowest BCUT2D eigenvalue weighted by Gasteiger charge is -2.33. The summed E-state index contributed by atoms with van der Waals surface area (Å²) in [7, 11) is 7.91. The SMILES string of the molecule is CN(C)C(=NCc1cccnc1N1CCC[C@H](C(N)=O)C1)N(C)C. The summed E-state index contributed by atoms with van der Waals surface area (Å²) in [6, 6.07) is 3.97. The van der Waals surface area contributed by atoms with E-state index in [2.05, 4.69) is 9.88 Å². The van der Waals surface area contributed by atoms with E-state index in [0.717, 1.165) is 36.7 Å². The van der Waals surface area contributed by atoms with Gasteiger partial charge in [-0.1, -0.05) is 6.07 Å². The molecular weight excluding hydrogens is 304 g/mol. The number of primary amides is 1. The smallest absolute Gasteiger partial charge is 0.222 e. The lowest BCUT2D eigenvalue weighted by molar-refractivity contribution is -0.122. The average molecular weight is 332 g/mol. The molecule has 2 N–H and O–H groups in total. The summed E-state index contributed by atoms with van der Waals surface area (Å²) in [5, 5.41) is 0. The highest BCUT2D eigenvalue weighted by Crippen LogP contribution is 2.25. The van der Waals surface area contributed by atoms with Crippen molar-refractivity contribution in [1.29, 1.82) is 0 Å². The van der Waals surface area contributed by atoms with Crippen molar-refractivity contribution in [2.45, 2.75) is 19.4 Å². The number of guanidine groups is 1. The van der Waals surface area contributed by atoms with Gasteiger partial charge in [0.2, 0.25) is 5.91 Å². The van der Waals surface area contributed by atoms with Gasteiger partial charge < -0.3 is 20.4 Å². The van der Waals surface area contributed by atoms with Gasteiger partial charge in [0, 0.05) is 53.0 Å². The van der Waals surface area contributed by atoms with Crippen molar-refractivity contribution in [3.8, 4) is 0 Å². The number of piperidine rings is 1. The minimum Gasteiger partial charge on any atom is -0.369 e. The second-order valence-electron chi connectivity index (χ2n) is 6.58. The molecular formula is C17H28N6O. The van der Waals surface area contributed by atoms with E-state index in [1.54, 1.807) is 6.20 Å². The first kappa shape index (κ1) is 18.0. The van der Waals surface area contributed by atoms with E-state index in [4.69, 9.17) is 10.7 Å². The Bertz CT molecular complexity index is 588. The number of anilines is 1. The second-order valence-corrected chi connectivity index (χ2v) is 6.58. The van der Waals surface area contributed by atoms with Crippen LogP contribution in [0.4, 0.5) is 5.82 Å². The third-order valence-electron chi connectivity index (χ3n) is 4.18. The van der Waals surface area contributed by atoms with Crippen molar-refractivity contribution < 1.29 is 4.79 Å². The van der Waals surface area contributed by atoms with Crippen LogP contribution in [0.3, 0.4) is 0 Å². The monoisotopic (exact) mass is 332 g/mol. The van der Waals surface area contributed by atoms with Gasteiger partial charge in [-0.3, -0.25) is 4.79 Å². The topological polar surface area (TPSA) is 78.1 Å². The van der Waals surface area contributed by atoms with Gasteiger partial charge in [-0.15, -0.1) is 0 Å². The Morgan fingerprint density at radius 3 is 2.71 bits per heavy atom. The molecule has 0 bridgehead atoms. The van der Waals surface area contributed by atoms with Crippen LogP contribution in [-0.4, -0.2) is 67.9 Å². The molecule has 7 heteroatoms. The van der Waals surface area contributed by atoms with Crippen LogP contribution < -0.4 is 10.6 Å². The Morgan fingerprint density at radius 1 is 1.38 bits per heavy atom. The number of rotatable bonds is 4. The third-order valence-corrected chi connectivity index (χ3v) is 4.18. The minimum absolute atomic E-state index is 0.101. The Balaban J connectivity index is 2.21. The molecule has 132 valence electrons. The molecule has 2 heterocycles. The minimum atomic E-state index is -0.224. The van der Waals surface area contributed by atoms with E-state index < -0.39 is 0 Å². The van der Waals surface area contributed by atoms with Crippen LogP contribution in [0.1, 0.15) is 18.4 Å². The highest BCUT2D eigenvalue weighted by molar-refractivity contribution is 5.79. The fraction of sp³-hybridized carbons (Fsp3) is 0.588. The summed E-state index contributed by atoms with van der Waals surface area (Å²) in [6.07, 6.45) is 3.60. The Hall–Kier alpha value is -2.31. The number of nitrogens with two attached hydrogens (primary N) is 1. The quantitative estimate of drug-likeness (QED) is 0.651. The zero-order valence-electron chi connectivity index (χ0n) is 15.1. The van der Waals surface area contributed by atoms with Gasteiger partial charge in [-0.05, 0) is 18.9 Å². The van der Waals surface area contributed by atoms with Crippen LogP contribution in [0.2, 0.25) is 0 Å². The summed E-state index contributed by atoms with van der Waals surface area (Å²) < 4.78 is 0. The fourth-order valence-electron chi connectivity index (χ4n) is 3.08. The standard InChI is InChI=1S/C17H28N6O/c1-21(2)17(22(3)4)20-11-13-7-5-9-19-16(13)23-10-6-8-14(12-23)15(18)24/h5,7,9,14H,6,8,10-12H2,1-4H3,(H2,18,24)/t14-/m0/s1. The summed E-state index contributed by atoms with van der Waals surface area (Å²) in [4.78, 5) is 26.9. The zero-order chi connectivity index (χ0) is 17.7. The van der Waals surface area contributed by atoms with Crippen molar-refractivity contribution in [2.24, 2.45) is 16.6 Å². The van der Waals surface area contributed by atoms with Gasteiger partial charge in [0.25, 0.3) is 0 Å². The van der Waals surface area contributed by atoms with E-state index >= 15 is 0 Å². The highest BCUT2D eigenvalue weighted by atomic mass is 16.1. The molecule has 0 saturated carbocycles. The first-order valence-corrected chi connectivity index (χ1v) is 8.27. The van der Waals surface area contributed by atoms with Gasteiger partial charge >= 0.3 is 0 Å². The summed E-state index contributed by atoms with van der Waals surface area (Å²) >= 11 is 0. The molecule has 1 fully saturated rings. The maximum Gasteiger partial charge on any atom is 0.222 e. The average Bonchev–Trinajstić information content (AvgIpc) is 2.55. The van der Waals surface area contributed by atoms with Crippen molar-refractivity contribution in [1.82, 2.24) is 14.8 Å². The van der Waals surface area contributed by atoms with E-state index in [-0.39, 0.29) is 11.8 Å². The van der Waals surface area contributed by atoms with Crippen LogP contribution in [0.25, 0.3) is 0 Å². The van der Waals surface area contributed by atoms with Gasteiger partial charge in [0.05, 0.1) is 12.5 Å². The Labute approximate surface area is 144 Å². The summed E-state index contributed by atoms with van der Waals surface area (Å²) in [6.45, 7) is 2.08. The van der Waals surface area contributed by atoms with Gasteiger partial charge in [-0.25, -0.2) is 9.98 Å². The van der Waals surface area contributed by atoms with Crippen LogP contribution in [0, 0.1) is 5.92 Å². The van der Waals surface area contributed by atoms with Crippen LogP contribution in [-0.2, 0) is 11.3 Å². The number of pyridine rings is 1. The predicted octanol–water partition coefficient (Wildman–Crippen LogP) is 0.763. The van der Waals surface area contributed by atoms with Crippen LogP contribution in [0.15, 0.2) is 23.3 Å². The Morgan fingerprint density at radius 2 is 2.08 bits per heavy atom. The van der Waals surface area contributed by atoms with Crippen molar-refractivity contribution in [3.63, 3.8) is 0 Å².